The molecule has 4 rings (SSSR count). The number of benzene rings is 2. The van der Waals surface area contributed by atoms with E-state index < -0.39 is 0 Å². The number of carbonyl (C=O) groups excluding carboxylic acids is 1. The molecule has 0 spiro atoms. The molecule has 6 nitrogen and oxygen atoms in total. The summed E-state index contributed by atoms with van der Waals surface area (Å²) in [4.78, 5) is 21.8. The lowest BCUT2D eigenvalue weighted by molar-refractivity contribution is -0.120. The highest BCUT2D eigenvalue weighted by molar-refractivity contribution is 5.99. The summed E-state index contributed by atoms with van der Waals surface area (Å²) in [6.45, 7) is 11.5. The highest BCUT2D eigenvalue weighted by Gasteiger charge is 2.18. The van der Waals surface area contributed by atoms with Crippen LogP contribution in [-0.2, 0) is 18.3 Å². The molecule has 176 valence electrons. The molecule has 2 aromatic carbocycles. The Kier molecular flexibility index (Phi) is 6.68. The van der Waals surface area contributed by atoms with E-state index in [9.17, 15) is 4.79 Å². The van der Waals surface area contributed by atoms with Gasteiger partial charge in [0.2, 0.25) is 5.91 Å². The zero-order valence-electron chi connectivity index (χ0n) is 20.9. The van der Waals surface area contributed by atoms with E-state index in [4.69, 9.17) is 4.98 Å². The summed E-state index contributed by atoms with van der Waals surface area (Å²) in [5, 5.41) is 6.41. The third kappa shape index (κ3) is 4.96. The Bertz CT molecular complexity index is 1330. The molecule has 0 saturated heterocycles. The Morgan fingerprint density at radius 3 is 2.26 bits per heavy atom. The van der Waals surface area contributed by atoms with Crippen LogP contribution in [0.2, 0.25) is 0 Å². The Morgan fingerprint density at radius 1 is 0.912 bits per heavy atom. The lowest BCUT2D eigenvalue weighted by atomic mass is 9.95. The Hall–Kier alpha value is -3.67. The van der Waals surface area contributed by atoms with Crippen molar-refractivity contribution in [2.45, 2.75) is 41.0 Å². The van der Waals surface area contributed by atoms with Crippen molar-refractivity contribution in [3.63, 3.8) is 0 Å². The van der Waals surface area contributed by atoms with Crippen molar-refractivity contribution in [3.8, 4) is 11.1 Å². The zero-order valence-corrected chi connectivity index (χ0v) is 20.9. The molecule has 34 heavy (non-hydrogen) atoms. The van der Waals surface area contributed by atoms with Crippen LogP contribution in [0.5, 0.6) is 0 Å². The normalized spacial score (nSPS) is 11.1. The third-order valence-electron chi connectivity index (χ3n) is 6.10. The smallest absolute Gasteiger partial charge is 0.224 e. The molecule has 6 heteroatoms. The molecule has 0 unspecified atom stereocenters. The molecule has 0 radical (unpaired) electrons. The van der Waals surface area contributed by atoms with Crippen molar-refractivity contribution in [3.05, 3.63) is 76.2 Å². The van der Waals surface area contributed by atoms with E-state index >= 15 is 0 Å². The number of hydrogen-bond acceptors (Lipinski definition) is 4. The molecule has 0 aliphatic rings. The maximum absolute atomic E-state index is 12.3. The first-order valence-corrected chi connectivity index (χ1v) is 11.7. The van der Waals surface area contributed by atoms with E-state index in [-0.39, 0.29) is 5.91 Å². The number of anilines is 1. The van der Waals surface area contributed by atoms with E-state index in [2.05, 4.69) is 59.3 Å². The first-order valence-electron chi connectivity index (χ1n) is 11.7. The molecular formula is C28H33N5O. The van der Waals surface area contributed by atoms with Gasteiger partial charge in [0, 0.05) is 31.9 Å². The van der Waals surface area contributed by atoms with Gasteiger partial charge in [-0.05, 0) is 56.9 Å². The molecule has 2 aromatic heterocycles. The lowest BCUT2D eigenvalue weighted by Gasteiger charge is -2.12. The number of rotatable bonds is 7. The van der Waals surface area contributed by atoms with Crippen LogP contribution in [0.1, 0.15) is 33.6 Å². The number of carbonyl (C=O) groups is 1. The molecular weight excluding hydrogens is 422 g/mol. The van der Waals surface area contributed by atoms with E-state index in [0.29, 0.717) is 25.3 Å². The van der Waals surface area contributed by atoms with Crippen LogP contribution < -0.4 is 10.6 Å². The Morgan fingerprint density at radius 2 is 1.59 bits per heavy atom. The van der Waals surface area contributed by atoms with Gasteiger partial charge in [0.15, 0.2) is 5.82 Å². The van der Waals surface area contributed by atoms with Gasteiger partial charge in [-0.25, -0.2) is 9.97 Å². The SMILES string of the molecule is Cc1ccc(CC(=O)NCCNc2nc(C)nc3c(-c4c(C)cc(C)cc4C)cn(C)c23)cc1. The quantitative estimate of drug-likeness (QED) is 0.387. The van der Waals surface area contributed by atoms with E-state index in [0.717, 1.165) is 28.0 Å². The summed E-state index contributed by atoms with van der Waals surface area (Å²) >= 11 is 0. The van der Waals surface area contributed by atoms with Crippen LogP contribution >= 0.6 is 0 Å². The van der Waals surface area contributed by atoms with Crippen LogP contribution in [0.3, 0.4) is 0 Å². The summed E-state index contributed by atoms with van der Waals surface area (Å²) < 4.78 is 2.08. The van der Waals surface area contributed by atoms with Crippen molar-refractivity contribution >= 4 is 22.8 Å². The summed E-state index contributed by atoms with van der Waals surface area (Å²) in [5.41, 5.74) is 10.2. The number of amides is 1. The molecule has 0 atom stereocenters. The minimum absolute atomic E-state index is 0.0149. The monoisotopic (exact) mass is 455 g/mol. The van der Waals surface area contributed by atoms with Crippen molar-refractivity contribution in [1.82, 2.24) is 19.9 Å². The second-order valence-corrected chi connectivity index (χ2v) is 9.18. The topological polar surface area (TPSA) is 71.8 Å². The molecule has 2 N–H and O–H groups in total. The van der Waals surface area contributed by atoms with Crippen LogP contribution in [0.15, 0.2) is 42.6 Å². The maximum atomic E-state index is 12.3. The number of fused-ring (bicyclic) bond motifs is 1. The lowest BCUT2D eigenvalue weighted by Crippen LogP contribution is -2.30. The predicted molar refractivity (Wildman–Crippen MR) is 139 cm³/mol. The fourth-order valence-electron chi connectivity index (χ4n) is 4.66. The molecule has 0 saturated carbocycles. The second-order valence-electron chi connectivity index (χ2n) is 9.18. The van der Waals surface area contributed by atoms with Gasteiger partial charge in [-0.2, -0.15) is 0 Å². The van der Waals surface area contributed by atoms with Gasteiger partial charge in [-0.1, -0.05) is 47.5 Å². The number of nitrogens with zero attached hydrogens (tertiary/aromatic N) is 3. The summed E-state index contributed by atoms with van der Waals surface area (Å²) in [5.74, 6) is 1.51. The van der Waals surface area contributed by atoms with Crippen LogP contribution in [0.25, 0.3) is 22.2 Å². The number of nitrogens with one attached hydrogen (secondary N) is 2. The Labute approximate surface area is 201 Å². The first kappa shape index (κ1) is 23.5. The fourth-order valence-corrected chi connectivity index (χ4v) is 4.66. The van der Waals surface area contributed by atoms with Crippen molar-refractivity contribution in [1.29, 1.82) is 0 Å². The van der Waals surface area contributed by atoms with Gasteiger partial charge in [-0.15, -0.1) is 0 Å². The molecule has 1 amide bonds. The molecule has 0 fully saturated rings. The minimum atomic E-state index is 0.0149. The molecule has 4 aromatic rings. The molecule has 0 aliphatic heterocycles. The van der Waals surface area contributed by atoms with Crippen molar-refractivity contribution < 1.29 is 4.79 Å². The van der Waals surface area contributed by atoms with Gasteiger partial charge in [0.1, 0.15) is 16.9 Å². The Balaban J connectivity index is 1.50. The standard InChI is InChI=1S/C28H33N5O/c1-17-7-9-22(10-8-17)15-24(34)29-11-12-30-28-27-26(31-21(5)32-28)23(16-33(27)6)25-19(3)13-18(2)14-20(25)4/h7-10,13-14,16H,11-12,15H2,1-6H3,(H,29,34)(H,30,31,32). The number of aryl methyl sites for hydroxylation is 6. The van der Waals surface area contributed by atoms with Crippen molar-refractivity contribution in [2.24, 2.45) is 7.05 Å². The van der Waals surface area contributed by atoms with E-state index in [1.807, 2.05) is 45.2 Å². The molecule has 2 heterocycles. The summed E-state index contributed by atoms with van der Waals surface area (Å²) in [7, 11) is 2.03. The summed E-state index contributed by atoms with van der Waals surface area (Å²) in [6, 6.07) is 12.5. The fraction of sp³-hybridized carbons (Fsp3) is 0.321. The van der Waals surface area contributed by atoms with Crippen molar-refractivity contribution in [2.75, 3.05) is 18.4 Å². The van der Waals surface area contributed by atoms with Gasteiger partial charge < -0.3 is 15.2 Å². The molecule has 0 bridgehead atoms. The van der Waals surface area contributed by atoms with E-state index in [1.165, 1.54) is 27.8 Å². The second kappa shape index (κ2) is 9.67. The highest BCUT2D eigenvalue weighted by atomic mass is 16.1. The van der Waals surface area contributed by atoms with Crippen LogP contribution in [-0.4, -0.2) is 33.5 Å². The predicted octanol–water partition coefficient (Wildman–Crippen LogP) is 4.95. The van der Waals surface area contributed by atoms with Crippen LogP contribution in [0.4, 0.5) is 5.82 Å². The first-order chi connectivity index (χ1) is 16.2. The highest BCUT2D eigenvalue weighted by Crippen LogP contribution is 2.36. The van der Waals surface area contributed by atoms with Crippen LogP contribution in [0, 0.1) is 34.6 Å². The minimum Gasteiger partial charge on any atom is -0.366 e. The largest absolute Gasteiger partial charge is 0.366 e. The third-order valence-corrected chi connectivity index (χ3v) is 6.10. The zero-order chi connectivity index (χ0) is 24.4. The van der Waals surface area contributed by atoms with Gasteiger partial charge in [0.05, 0.1) is 6.42 Å². The summed E-state index contributed by atoms with van der Waals surface area (Å²) in [6.07, 6.45) is 2.52. The average Bonchev–Trinajstić information content (AvgIpc) is 3.08. The molecule has 0 aliphatic carbocycles. The number of aromatic nitrogens is 3. The van der Waals surface area contributed by atoms with Gasteiger partial charge in [0.25, 0.3) is 0 Å². The number of hydrogen-bond donors (Lipinski definition) is 2. The van der Waals surface area contributed by atoms with Gasteiger partial charge >= 0.3 is 0 Å². The average molecular weight is 456 g/mol. The van der Waals surface area contributed by atoms with E-state index in [1.54, 1.807) is 0 Å². The van der Waals surface area contributed by atoms with Gasteiger partial charge in [-0.3, -0.25) is 4.79 Å². The maximum Gasteiger partial charge on any atom is 0.224 e.